The number of hydrogen-bond donors (Lipinski definition) is 2. The molecule has 132 valence electrons. The molecule has 0 aromatic heterocycles. The van der Waals surface area contributed by atoms with Gasteiger partial charge in [-0.05, 0) is 54.0 Å². The highest BCUT2D eigenvalue weighted by molar-refractivity contribution is 6.08. The number of nitrogens with one attached hydrogen (secondary N) is 1. The van der Waals surface area contributed by atoms with Crippen LogP contribution in [0.5, 0.6) is 11.5 Å². The number of carbonyl (C=O) groups excluding carboxylic acids is 2. The Balaban J connectivity index is 1.84. The van der Waals surface area contributed by atoms with Crippen molar-refractivity contribution in [3.63, 3.8) is 0 Å². The van der Waals surface area contributed by atoms with E-state index in [1.54, 1.807) is 42.5 Å². The van der Waals surface area contributed by atoms with E-state index in [4.69, 9.17) is 4.74 Å². The second-order valence-electron chi connectivity index (χ2n) is 6.02. The Hall–Kier alpha value is -3.34. The fraction of sp³-hybridized carbons (Fsp3) is 0.143. The molecule has 2 aromatic carbocycles. The van der Waals surface area contributed by atoms with Gasteiger partial charge in [0, 0.05) is 16.8 Å². The smallest absolute Gasteiger partial charge is 0.228 e. The second-order valence-corrected chi connectivity index (χ2v) is 6.02. The summed E-state index contributed by atoms with van der Waals surface area (Å²) in [6.45, 7) is 3.68. The van der Waals surface area contributed by atoms with Crippen LogP contribution in [0.2, 0.25) is 0 Å². The molecule has 5 nitrogen and oxygen atoms in total. The van der Waals surface area contributed by atoms with Crippen molar-refractivity contribution < 1.29 is 19.4 Å². The molecule has 0 radical (unpaired) electrons. The van der Waals surface area contributed by atoms with E-state index in [0.29, 0.717) is 29.7 Å². The lowest BCUT2D eigenvalue weighted by Gasteiger charge is -2.09. The van der Waals surface area contributed by atoms with Crippen molar-refractivity contribution in [2.75, 3.05) is 12.4 Å². The third kappa shape index (κ3) is 3.52. The van der Waals surface area contributed by atoms with Crippen LogP contribution in [0.25, 0.3) is 6.08 Å². The van der Waals surface area contributed by atoms with E-state index in [1.807, 2.05) is 0 Å². The van der Waals surface area contributed by atoms with Gasteiger partial charge in [0.1, 0.15) is 0 Å². The zero-order valence-electron chi connectivity index (χ0n) is 14.4. The van der Waals surface area contributed by atoms with Gasteiger partial charge in [-0.3, -0.25) is 9.59 Å². The number of hydrogen-bond acceptors (Lipinski definition) is 4. The molecule has 0 fully saturated rings. The summed E-state index contributed by atoms with van der Waals surface area (Å²) in [6.07, 6.45) is 5.61. The zero-order chi connectivity index (χ0) is 18.7. The lowest BCUT2D eigenvalue weighted by Crippen LogP contribution is -2.03. The summed E-state index contributed by atoms with van der Waals surface area (Å²) in [4.78, 5) is 23.9. The average molecular weight is 349 g/mol. The Morgan fingerprint density at radius 2 is 2.15 bits per heavy atom. The quantitative estimate of drug-likeness (QED) is 0.475. The highest BCUT2D eigenvalue weighted by Gasteiger charge is 2.18. The van der Waals surface area contributed by atoms with E-state index >= 15 is 0 Å². The molecule has 1 heterocycles. The van der Waals surface area contributed by atoms with E-state index < -0.39 is 0 Å². The van der Waals surface area contributed by atoms with E-state index in [0.717, 1.165) is 16.8 Å². The molecule has 26 heavy (non-hydrogen) atoms. The van der Waals surface area contributed by atoms with Crippen LogP contribution in [0, 0.1) is 0 Å². The van der Waals surface area contributed by atoms with E-state index in [-0.39, 0.29) is 17.4 Å². The Labute approximate surface area is 151 Å². The van der Waals surface area contributed by atoms with Crippen molar-refractivity contribution in [3.05, 3.63) is 71.3 Å². The number of benzene rings is 2. The average Bonchev–Trinajstić information content (AvgIpc) is 3.01. The Bertz CT molecular complexity index is 928. The van der Waals surface area contributed by atoms with Crippen molar-refractivity contribution in [1.82, 2.24) is 0 Å². The summed E-state index contributed by atoms with van der Waals surface area (Å²) in [7, 11) is 1.48. The number of phenols is 1. The van der Waals surface area contributed by atoms with Gasteiger partial charge < -0.3 is 15.2 Å². The molecule has 0 bridgehead atoms. The lowest BCUT2D eigenvalue weighted by atomic mass is 10.0. The van der Waals surface area contributed by atoms with E-state index in [9.17, 15) is 14.7 Å². The lowest BCUT2D eigenvalue weighted by molar-refractivity contribution is -0.115. The van der Waals surface area contributed by atoms with Crippen molar-refractivity contribution >= 4 is 23.5 Å². The van der Waals surface area contributed by atoms with Crippen molar-refractivity contribution in [2.24, 2.45) is 0 Å². The SMILES string of the molecule is C=CCc1cc(/C=C/C(=O)c2ccc3c(c2)CC(=O)N3)cc(OC)c1O. The van der Waals surface area contributed by atoms with Gasteiger partial charge in [-0.1, -0.05) is 12.2 Å². The number of rotatable bonds is 6. The third-order valence-electron chi connectivity index (χ3n) is 4.20. The van der Waals surface area contributed by atoms with Crippen molar-refractivity contribution in [1.29, 1.82) is 0 Å². The number of carbonyl (C=O) groups is 2. The molecule has 0 unspecified atom stereocenters. The predicted octanol–water partition coefficient (Wildman–Crippen LogP) is 3.52. The molecule has 0 saturated carbocycles. The molecule has 5 heteroatoms. The summed E-state index contributed by atoms with van der Waals surface area (Å²) >= 11 is 0. The first-order valence-corrected chi connectivity index (χ1v) is 8.17. The fourth-order valence-electron chi connectivity index (χ4n) is 2.90. The van der Waals surface area contributed by atoms with Gasteiger partial charge in [0.05, 0.1) is 13.5 Å². The summed E-state index contributed by atoms with van der Waals surface area (Å²) in [5.41, 5.74) is 3.52. The molecule has 0 atom stereocenters. The monoisotopic (exact) mass is 349 g/mol. The Morgan fingerprint density at radius 3 is 2.88 bits per heavy atom. The van der Waals surface area contributed by atoms with Crippen molar-refractivity contribution in [3.8, 4) is 11.5 Å². The Kier molecular flexibility index (Phi) is 4.89. The van der Waals surface area contributed by atoms with Gasteiger partial charge in [0.2, 0.25) is 5.91 Å². The maximum Gasteiger partial charge on any atom is 0.228 e. The number of ketones is 1. The number of aromatic hydroxyl groups is 1. The number of amides is 1. The van der Waals surface area contributed by atoms with Gasteiger partial charge in [-0.2, -0.15) is 0 Å². The summed E-state index contributed by atoms with van der Waals surface area (Å²) in [6, 6.07) is 8.62. The number of methoxy groups -OCH3 is 1. The maximum absolute atomic E-state index is 12.4. The van der Waals surface area contributed by atoms with Gasteiger partial charge in [-0.15, -0.1) is 6.58 Å². The normalized spacial score (nSPS) is 12.7. The van der Waals surface area contributed by atoms with Gasteiger partial charge in [0.15, 0.2) is 17.3 Å². The van der Waals surface area contributed by atoms with Crippen LogP contribution >= 0.6 is 0 Å². The van der Waals surface area contributed by atoms with Gasteiger partial charge in [0.25, 0.3) is 0 Å². The number of ether oxygens (including phenoxy) is 1. The van der Waals surface area contributed by atoms with Crippen LogP contribution in [0.15, 0.2) is 49.1 Å². The fourth-order valence-corrected chi connectivity index (χ4v) is 2.90. The zero-order valence-corrected chi connectivity index (χ0v) is 14.4. The molecule has 0 aliphatic carbocycles. The molecule has 0 saturated heterocycles. The summed E-state index contributed by atoms with van der Waals surface area (Å²) in [5.74, 6) is 0.195. The first-order valence-electron chi connectivity index (χ1n) is 8.17. The number of anilines is 1. The van der Waals surface area contributed by atoms with Crippen LogP contribution in [0.4, 0.5) is 5.69 Å². The highest BCUT2D eigenvalue weighted by atomic mass is 16.5. The van der Waals surface area contributed by atoms with Crippen LogP contribution in [0.1, 0.15) is 27.0 Å². The number of allylic oxidation sites excluding steroid dienone is 2. The molecule has 2 N–H and O–H groups in total. The summed E-state index contributed by atoms with van der Waals surface area (Å²) < 4.78 is 5.18. The highest BCUT2D eigenvalue weighted by Crippen LogP contribution is 2.32. The van der Waals surface area contributed by atoms with E-state index in [1.165, 1.54) is 13.2 Å². The topological polar surface area (TPSA) is 75.6 Å². The molecule has 1 aliphatic heterocycles. The van der Waals surface area contributed by atoms with Crippen LogP contribution in [-0.2, 0) is 17.6 Å². The molecule has 1 aliphatic rings. The van der Waals surface area contributed by atoms with Gasteiger partial charge in [-0.25, -0.2) is 0 Å². The van der Waals surface area contributed by atoms with Crippen LogP contribution in [0.3, 0.4) is 0 Å². The van der Waals surface area contributed by atoms with Crippen LogP contribution < -0.4 is 10.1 Å². The second kappa shape index (κ2) is 7.27. The molecular formula is C21H19NO4. The van der Waals surface area contributed by atoms with E-state index in [2.05, 4.69) is 11.9 Å². The standard InChI is InChI=1S/C21H19NO4/c1-3-4-15-9-13(10-19(26-2)21(15)25)5-8-18(23)14-6-7-17-16(11-14)12-20(24)22-17/h3,5-11,25H,1,4,12H2,2H3,(H,22,24)/b8-5+. The first kappa shape index (κ1) is 17.5. The van der Waals surface area contributed by atoms with Gasteiger partial charge >= 0.3 is 0 Å². The minimum atomic E-state index is -0.163. The molecular weight excluding hydrogens is 330 g/mol. The molecule has 1 amide bonds. The largest absolute Gasteiger partial charge is 0.504 e. The minimum Gasteiger partial charge on any atom is -0.504 e. The number of phenolic OH excluding ortho intramolecular Hbond substituents is 1. The Morgan fingerprint density at radius 1 is 1.35 bits per heavy atom. The van der Waals surface area contributed by atoms with Crippen molar-refractivity contribution in [2.45, 2.75) is 12.8 Å². The summed E-state index contributed by atoms with van der Waals surface area (Å²) in [5, 5.41) is 12.9. The molecule has 2 aromatic rings. The predicted molar refractivity (Wildman–Crippen MR) is 101 cm³/mol. The first-order chi connectivity index (χ1) is 12.5. The molecule has 3 rings (SSSR count). The van der Waals surface area contributed by atoms with Crippen LogP contribution in [-0.4, -0.2) is 23.9 Å². The maximum atomic E-state index is 12.4. The molecule has 0 spiro atoms. The minimum absolute atomic E-state index is 0.0638. The number of fused-ring (bicyclic) bond motifs is 1. The third-order valence-corrected chi connectivity index (χ3v) is 4.20.